The van der Waals surface area contributed by atoms with E-state index in [-0.39, 0.29) is 12.2 Å². The highest BCUT2D eigenvalue weighted by Crippen LogP contribution is 2.33. The largest absolute Gasteiger partial charge is 0.465 e. The predicted octanol–water partition coefficient (Wildman–Crippen LogP) is 3.91. The highest BCUT2D eigenvalue weighted by Gasteiger charge is 2.33. The summed E-state index contributed by atoms with van der Waals surface area (Å²) in [5.41, 5.74) is 1.84. The molecule has 1 atom stereocenters. The van der Waals surface area contributed by atoms with Crippen molar-refractivity contribution >= 4 is 40.7 Å². The molecule has 0 aliphatic carbocycles. The van der Waals surface area contributed by atoms with Gasteiger partial charge in [-0.2, -0.15) is 0 Å². The molecule has 4 heterocycles. The predicted molar refractivity (Wildman–Crippen MR) is 140 cm³/mol. The van der Waals surface area contributed by atoms with Crippen LogP contribution in [0.15, 0.2) is 79.4 Å². The third-order valence-corrected chi connectivity index (χ3v) is 7.73. The number of rotatable bonds is 6. The fraction of sp³-hybridized carbons (Fsp3) is 0.185. The number of thiophene rings is 1. The van der Waals surface area contributed by atoms with E-state index in [2.05, 4.69) is 4.99 Å². The molecule has 1 aliphatic rings. The van der Waals surface area contributed by atoms with Crippen molar-refractivity contribution < 1.29 is 23.5 Å². The molecule has 3 aromatic heterocycles. The number of hydrogen-bond acceptors (Lipinski definition) is 9. The second-order valence-electron chi connectivity index (χ2n) is 8.09. The Morgan fingerprint density at radius 2 is 1.92 bits per heavy atom. The molecule has 0 saturated heterocycles. The Morgan fingerprint density at radius 1 is 1.14 bits per heavy atom. The van der Waals surface area contributed by atoms with E-state index in [0.29, 0.717) is 37.7 Å². The first-order chi connectivity index (χ1) is 17.9. The summed E-state index contributed by atoms with van der Waals surface area (Å²) in [5, 5.41) is 1.91. The molecule has 0 bridgehead atoms. The molecule has 188 valence electrons. The molecule has 0 radical (unpaired) electrons. The van der Waals surface area contributed by atoms with Gasteiger partial charge in [-0.05, 0) is 49.6 Å². The molecular formula is C27H22N2O6S2. The van der Waals surface area contributed by atoms with Gasteiger partial charge in [-0.25, -0.2) is 14.6 Å². The van der Waals surface area contributed by atoms with E-state index in [1.165, 1.54) is 29.8 Å². The molecule has 0 spiro atoms. The number of ether oxygens (including phenoxy) is 2. The molecule has 0 fully saturated rings. The van der Waals surface area contributed by atoms with Gasteiger partial charge in [-0.3, -0.25) is 9.36 Å². The normalized spacial score (nSPS) is 15.3. The lowest BCUT2D eigenvalue weighted by Gasteiger charge is -2.23. The summed E-state index contributed by atoms with van der Waals surface area (Å²) in [7, 11) is 1.33. The van der Waals surface area contributed by atoms with Crippen molar-refractivity contribution in [2.75, 3.05) is 13.7 Å². The standard InChI is InChI=1S/C27H22N2O6S2/c1-4-34-26(32)22-15(2)28-27-29(23(22)20-6-5-13-36-20)24(30)21(37-27)14-18-11-12-19(35-18)16-7-9-17(10-8-16)25(31)33-3/h5-14,23H,4H2,1-3H3/b21-14+/t23-/m0/s1. The molecule has 0 saturated carbocycles. The third kappa shape index (κ3) is 4.61. The molecule has 1 aromatic carbocycles. The summed E-state index contributed by atoms with van der Waals surface area (Å²) in [6.07, 6.45) is 1.67. The lowest BCUT2D eigenvalue weighted by molar-refractivity contribution is -0.139. The van der Waals surface area contributed by atoms with Crippen LogP contribution < -0.4 is 14.9 Å². The van der Waals surface area contributed by atoms with E-state index in [1.54, 1.807) is 60.9 Å². The number of allylic oxidation sites excluding steroid dienone is 1. The van der Waals surface area contributed by atoms with Gasteiger partial charge in [-0.15, -0.1) is 11.3 Å². The van der Waals surface area contributed by atoms with E-state index < -0.39 is 18.0 Å². The Morgan fingerprint density at radius 3 is 2.59 bits per heavy atom. The Labute approximate surface area is 219 Å². The number of hydrogen-bond donors (Lipinski definition) is 0. The van der Waals surface area contributed by atoms with Gasteiger partial charge < -0.3 is 13.9 Å². The second-order valence-corrected chi connectivity index (χ2v) is 10.1. The van der Waals surface area contributed by atoms with E-state index >= 15 is 0 Å². The molecule has 4 aromatic rings. The van der Waals surface area contributed by atoms with Crippen molar-refractivity contribution in [2.24, 2.45) is 4.99 Å². The first-order valence-electron chi connectivity index (χ1n) is 11.4. The maximum absolute atomic E-state index is 13.6. The Kier molecular flexibility index (Phi) is 6.77. The molecule has 8 nitrogen and oxygen atoms in total. The van der Waals surface area contributed by atoms with Gasteiger partial charge in [0.2, 0.25) is 0 Å². The van der Waals surface area contributed by atoms with Gasteiger partial charge in [0, 0.05) is 16.5 Å². The van der Waals surface area contributed by atoms with Crippen molar-refractivity contribution in [1.29, 1.82) is 0 Å². The second kappa shape index (κ2) is 10.2. The summed E-state index contributed by atoms with van der Waals surface area (Å²) < 4.78 is 18.0. The quantitative estimate of drug-likeness (QED) is 0.348. The van der Waals surface area contributed by atoms with Crippen molar-refractivity contribution in [3.8, 4) is 11.3 Å². The summed E-state index contributed by atoms with van der Waals surface area (Å²) >= 11 is 2.70. The molecular weight excluding hydrogens is 512 g/mol. The third-order valence-electron chi connectivity index (χ3n) is 5.82. The fourth-order valence-corrected chi connectivity index (χ4v) is 5.96. The highest BCUT2D eigenvalue weighted by atomic mass is 32.1. The summed E-state index contributed by atoms with van der Waals surface area (Å²) in [6, 6.07) is 13.6. The average molecular weight is 535 g/mol. The molecule has 0 unspecified atom stereocenters. The van der Waals surface area contributed by atoms with Crippen LogP contribution in [0.5, 0.6) is 0 Å². The van der Waals surface area contributed by atoms with Crippen LogP contribution >= 0.6 is 22.7 Å². The van der Waals surface area contributed by atoms with E-state index in [9.17, 15) is 14.4 Å². The number of carbonyl (C=O) groups excluding carboxylic acids is 2. The molecule has 0 N–H and O–H groups in total. The van der Waals surface area contributed by atoms with E-state index in [4.69, 9.17) is 13.9 Å². The number of benzene rings is 1. The number of carbonyl (C=O) groups is 2. The fourth-order valence-electron chi connectivity index (χ4n) is 4.11. The zero-order valence-electron chi connectivity index (χ0n) is 20.2. The lowest BCUT2D eigenvalue weighted by Crippen LogP contribution is -2.39. The number of aromatic nitrogens is 1. The number of methoxy groups -OCH3 is 1. The van der Waals surface area contributed by atoms with Crippen LogP contribution in [-0.2, 0) is 14.3 Å². The van der Waals surface area contributed by atoms with Gasteiger partial charge in [0.25, 0.3) is 5.56 Å². The van der Waals surface area contributed by atoms with Crippen LogP contribution in [-0.4, -0.2) is 30.2 Å². The topological polar surface area (TPSA) is 100 Å². The molecule has 5 rings (SSSR count). The zero-order valence-corrected chi connectivity index (χ0v) is 21.9. The highest BCUT2D eigenvalue weighted by molar-refractivity contribution is 7.10. The number of fused-ring (bicyclic) bond motifs is 1. The van der Waals surface area contributed by atoms with Crippen LogP contribution in [0.3, 0.4) is 0 Å². The van der Waals surface area contributed by atoms with Gasteiger partial charge >= 0.3 is 11.9 Å². The summed E-state index contributed by atoms with van der Waals surface area (Å²) in [5.74, 6) is 0.188. The molecule has 10 heteroatoms. The summed E-state index contributed by atoms with van der Waals surface area (Å²) in [6.45, 7) is 3.73. The minimum absolute atomic E-state index is 0.226. The smallest absolute Gasteiger partial charge is 0.338 e. The van der Waals surface area contributed by atoms with E-state index in [1.807, 2.05) is 17.5 Å². The lowest BCUT2D eigenvalue weighted by atomic mass is 10.0. The monoisotopic (exact) mass is 534 g/mol. The Balaban J connectivity index is 1.55. The van der Waals surface area contributed by atoms with Crippen LogP contribution in [0.25, 0.3) is 17.4 Å². The average Bonchev–Trinajstić information content (AvgIpc) is 3.65. The SMILES string of the molecule is CCOC(=O)C1=C(C)N=c2s/c(=C/c3ccc(-c4ccc(C(=O)OC)cc4)o3)c(=O)n2[C@H]1c1cccs1. The van der Waals surface area contributed by atoms with Crippen LogP contribution in [0.2, 0.25) is 0 Å². The Bertz CT molecular complexity index is 1690. The van der Waals surface area contributed by atoms with Crippen molar-refractivity contribution in [3.63, 3.8) is 0 Å². The van der Waals surface area contributed by atoms with Crippen molar-refractivity contribution in [3.05, 3.63) is 101 Å². The number of furan rings is 1. The molecule has 37 heavy (non-hydrogen) atoms. The first-order valence-corrected chi connectivity index (χ1v) is 13.1. The van der Waals surface area contributed by atoms with Crippen molar-refractivity contribution in [1.82, 2.24) is 4.57 Å². The van der Waals surface area contributed by atoms with Crippen LogP contribution in [0, 0.1) is 0 Å². The van der Waals surface area contributed by atoms with Gasteiger partial charge in [0.15, 0.2) is 4.80 Å². The summed E-state index contributed by atoms with van der Waals surface area (Å²) in [4.78, 5) is 44.0. The molecule has 0 amide bonds. The zero-order chi connectivity index (χ0) is 26.1. The maximum atomic E-state index is 13.6. The van der Waals surface area contributed by atoms with Crippen LogP contribution in [0.4, 0.5) is 0 Å². The number of esters is 2. The first kappa shape index (κ1) is 24.7. The van der Waals surface area contributed by atoms with Gasteiger partial charge in [0.1, 0.15) is 17.6 Å². The minimum Gasteiger partial charge on any atom is -0.465 e. The number of thiazole rings is 1. The number of nitrogens with zero attached hydrogens (tertiary/aromatic N) is 2. The minimum atomic E-state index is -0.613. The van der Waals surface area contributed by atoms with Crippen LogP contribution in [0.1, 0.15) is 40.9 Å². The van der Waals surface area contributed by atoms with Crippen molar-refractivity contribution in [2.45, 2.75) is 19.9 Å². The van der Waals surface area contributed by atoms with Gasteiger partial charge in [0.05, 0.1) is 35.1 Å². The molecule has 1 aliphatic heterocycles. The van der Waals surface area contributed by atoms with Gasteiger partial charge in [-0.1, -0.05) is 29.5 Å². The Hall–Kier alpha value is -4.02. The maximum Gasteiger partial charge on any atom is 0.338 e. The van der Waals surface area contributed by atoms with E-state index in [0.717, 1.165) is 10.4 Å².